The minimum atomic E-state index is -0.417. The number of hydrogen-bond donors (Lipinski definition) is 0. The summed E-state index contributed by atoms with van der Waals surface area (Å²) in [5, 5.41) is 0. The number of carbonyl (C=O) groups is 1. The lowest BCUT2D eigenvalue weighted by Crippen LogP contribution is -2.16. The molecule has 0 fully saturated rings. The Balaban J connectivity index is 3.08. The van der Waals surface area contributed by atoms with Gasteiger partial charge >= 0.3 is 5.97 Å². The summed E-state index contributed by atoms with van der Waals surface area (Å²) >= 11 is 0. The second kappa shape index (κ2) is 57.6. The van der Waals surface area contributed by atoms with Gasteiger partial charge in [0, 0.05) is 12.7 Å². The summed E-state index contributed by atoms with van der Waals surface area (Å²) in [7, 11) is 1.64. The molecule has 0 aromatic carbocycles. The number of methoxy groups -OCH3 is 1. The SMILES string of the molecule is C=C(C)C(=O)OCCOCCOCCOCCOCCOCCOCCOCCOCCOCCOCCOCCOCCOCCOCCOCCOCCOCCOCCOC. The molecule has 382 valence electrons. The average Bonchev–Trinajstić information content (AvgIpc) is 3.29. The molecule has 0 atom stereocenters. The molecule has 21 heteroatoms. The number of rotatable bonds is 58. The fraction of sp³-hybridized carbons (Fsp3) is 0.930. The van der Waals surface area contributed by atoms with Crippen molar-refractivity contribution in [2.45, 2.75) is 6.92 Å². The molecule has 0 aromatic heterocycles. The summed E-state index contributed by atoms with van der Waals surface area (Å²) < 4.78 is 108. The highest BCUT2D eigenvalue weighted by Crippen LogP contribution is 1.93. The molecule has 0 amide bonds. The summed E-state index contributed by atoms with van der Waals surface area (Å²) in [5.41, 5.74) is 0.366. The first kappa shape index (κ1) is 62.4. The molecule has 0 saturated heterocycles. The normalized spacial score (nSPS) is 11.5. The van der Waals surface area contributed by atoms with Gasteiger partial charge in [0.1, 0.15) is 6.61 Å². The lowest BCUT2D eigenvalue weighted by atomic mass is 10.4. The van der Waals surface area contributed by atoms with Crippen LogP contribution < -0.4 is 0 Å². The third-order valence-corrected chi connectivity index (χ3v) is 7.57. The third-order valence-electron chi connectivity index (χ3n) is 7.57. The van der Waals surface area contributed by atoms with Gasteiger partial charge < -0.3 is 94.7 Å². The van der Waals surface area contributed by atoms with Gasteiger partial charge in [-0.1, -0.05) is 6.58 Å². The number of hydrogen-bond acceptors (Lipinski definition) is 21. The van der Waals surface area contributed by atoms with Crippen molar-refractivity contribution in [3.8, 4) is 0 Å². The van der Waals surface area contributed by atoms with Crippen molar-refractivity contribution < 1.29 is 99.5 Å². The first-order valence-corrected chi connectivity index (χ1v) is 22.4. The van der Waals surface area contributed by atoms with Crippen LogP contribution in [0.25, 0.3) is 0 Å². The Bertz CT molecular complexity index is 909. The van der Waals surface area contributed by atoms with Crippen molar-refractivity contribution >= 4 is 5.97 Å². The van der Waals surface area contributed by atoms with Gasteiger partial charge in [-0.15, -0.1) is 0 Å². The fourth-order valence-electron chi connectivity index (χ4n) is 4.30. The predicted molar refractivity (Wildman–Crippen MR) is 232 cm³/mol. The van der Waals surface area contributed by atoms with Crippen molar-refractivity contribution in [3.63, 3.8) is 0 Å². The molecule has 0 rings (SSSR count). The molecule has 0 unspecified atom stereocenters. The molecule has 0 N–H and O–H groups in total. The van der Waals surface area contributed by atoms with Crippen molar-refractivity contribution in [1.29, 1.82) is 0 Å². The number of ether oxygens (including phenoxy) is 20. The van der Waals surface area contributed by atoms with E-state index in [-0.39, 0.29) is 6.61 Å². The van der Waals surface area contributed by atoms with Crippen LogP contribution in [0.5, 0.6) is 0 Å². The molecular formula is C43H84O21. The lowest BCUT2D eigenvalue weighted by Gasteiger charge is -2.09. The largest absolute Gasteiger partial charge is 0.460 e. The van der Waals surface area contributed by atoms with Crippen LogP contribution in [0.3, 0.4) is 0 Å². The summed E-state index contributed by atoms with van der Waals surface area (Å²) in [6.45, 7) is 23.5. The number of esters is 1. The minimum absolute atomic E-state index is 0.193. The summed E-state index contributed by atoms with van der Waals surface area (Å²) in [6.07, 6.45) is 0. The topological polar surface area (TPSA) is 202 Å². The van der Waals surface area contributed by atoms with Crippen LogP contribution in [0.2, 0.25) is 0 Å². The Kier molecular flexibility index (Phi) is 56.2. The molecule has 0 aliphatic rings. The zero-order chi connectivity index (χ0) is 46.2. The molecule has 0 aromatic rings. The van der Waals surface area contributed by atoms with Crippen LogP contribution in [0, 0.1) is 0 Å². The van der Waals surface area contributed by atoms with E-state index in [4.69, 9.17) is 94.7 Å². The van der Waals surface area contributed by atoms with E-state index < -0.39 is 5.97 Å². The molecule has 0 bridgehead atoms. The maximum absolute atomic E-state index is 11.2. The Labute approximate surface area is 382 Å². The van der Waals surface area contributed by atoms with Gasteiger partial charge in [0.05, 0.1) is 244 Å². The van der Waals surface area contributed by atoms with Gasteiger partial charge in [0.2, 0.25) is 0 Å². The highest BCUT2D eigenvalue weighted by Gasteiger charge is 2.02. The van der Waals surface area contributed by atoms with E-state index in [0.717, 1.165) is 0 Å². The van der Waals surface area contributed by atoms with Crippen LogP contribution in [-0.2, 0) is 99.5 Å². The van der Waals surface area contributed by atoms with Gasteiger partial charge in [0.15, 0.2) is 0 Å². The number of carbonyl (C=O) groups excluding carboxylic acids is 1. The second-order valence-electron chi connectivity index (χ2n) is 12.9. The van der Waals surface area contributed by atoms with E-state index in [2.05, 4.69) is 6.58 Å². The molecule has 0 aliphatic carbocycles. The van der Waals surface area contributed by atoms with Gasteiger partial charge in [-0.3, -0.25) is 0 Å². The predicted octanol–water partition coefficient (Wildman–Crippen LogP) is 1.05. The van der Waals surface area contributed by atoms with Crippen molar-refractivity contribution in [3.05, 3.63) is 12.2 Å². The highest BCUT2D eigenvalue weighted by molar-refractivity contribution is 5.86. The van der Waals surface area contributed by atoms with E-state index in [9.17, 15) is 4.79 Å². The quantitative estimate of drug-likeness (QED) is 0.0476. The van der Waals surface area contributed by atoms with Crippen LogP contribution in [0.4, 0.5) is 0 Å². The van der Waals surface area contributed by atoms with Crippen LogP contribution in [0.1, 0.15) is 6.92 Å². The Morgan fingerprint density at radius 1 is 0.250 bits per heavy atom. The zero-order valence-electron chi connectivity index (χ0n) is 39.2. The van der Waals surface area contributed by atoms with Crippen LogP contribution in [-0.4, -0.2) is 264 Å². The monoisotopic (exact) mass is 937 g/mol. The van der Waals surface area contributed by atoms with Gasteiger partial charge in [-0.05, 0) is 6.92 Å². The maximum Gasteiger partial charge on any atom is 0.333 e. The molecule has 0 radical (unpaired) electrons. The average molecular weight is 937 g/mol. The lowest BCUT2D eigenvalue weighted by molar-refractivity contribution is -0.140. The van der Waals surface area contributed by atoms with E-state index in [0.29, 0.717) is 250 Å². The fourth-order valence-corrected chi connectivity index (χ4v) is 4.30. The van der Waals surface area contributed by atoms with Crippen molar-refractivity contribution in [2.75, 3.05) is 258 Å². The van der Waals surface area contributed by atoms with E-state index >= 15 is 0 Å². The molecular weight excluding hydrogens is 852 g/mol. The first-order valence-electron chi connectivity index (χ1n) is 22.4. The Morgan fingerprint density at radius 3 is 0.500 bits per heavy atom. The van der Waals surface area contributed by atoms with E-state index in [1.54, 1.807) is 14.0 Å². The van der Waals surface area contributed by atoms with Crippen LogP contribution in [0.15, 0.2) is 12.2 Å². The zero-order valence-corrected chi connectivity index (χ0v) is 39.2. The van der Waals surface area contributed by atoms with Crippen LogP contribution >= 0.6 is 0 Å². The molecule has 0 aliphatic heterocycles. The smallest absolute Gasteiger partial charge is 0.333 e. The highest BCUT2D eigenvalue weighted by atomic mass is 16.6. The molecule has 0 spiro atoms. The van der Waals surface area contributed by atoms with E-state index in [1.807, 2.05) is 0 Å². The van der Waals surface area contributed by atoms with Gasteiger partial charge in [0.25, 0.3) is 0 Å². The maximum atomic E-state index is 11.2. The van der Waals surface area contributed by atoms with E-state index in [1.165, 1.54) is 0 Å². The van der Waals surface area contributed by atoms with Gasteiger partial charge in [-0.25, -0.2) is 4.79 Å². The molecule has 21 nitrogen and oxygen atoms in total. The summed E-state index contributed by atoms with van der Waals surface area (Å²) in [4.78, 5) is 11.2. The third kappa shape index (κ3) is 56.6. The minimum Gasteiger partial charge on any atom is -0.460 e. The second-order valence-corrected chi connectivity index (χ2v) is 12.9. The van der Waals surface area contributed by atoms with Crippen molar-refractivity contribution in [2.24, 2.45) is 0 Å². The van der Waals surface area contributed by atoms with Crippen molar-refractivity contribution in [1.82, 2.24) is 0 Å². The Hall–Kier alpha value is -1.55. The Morgan fingerprint density at radius 2 is 0.375 bits per heavy atom. The molecule has 0 saturated carbocycles. The molecule has 64 heavy (non-hydrogen) atoms. The standard InChI is InChI=1S/C43H84O21/c1-42(2)43(44)64-41-40-63-39-38-62-37-36-61-35-34-60-33-32-59-31-30-58-29-28-57-27-26-56-25-24-55-23-22-54-21-20-53-19-18-52-17-16-51-15-14-50-13-12-49-11-10-48-9-8-47-7-6-46-5-4-45-3/h1,4-41H2,2-3H3. The van der Waals surface area contributed by atoms with Gasteiger partial charge in [-0.2, -0.15) is 0 Å². The molecule has 0 heterocycles. The summed E-state index contributed by atoms with van der Waals surface area (Å²) in [6, 6.07) is 0. The summed E-state index contributed by atoms with van der Waals surface area (Å²) in [5.74, 6) is -0.417. The first-order chi connectivity index (χ1) is 31.7.